The van der Waals surface area contributed by atoms with Crippen molar-refractivity contribution in [3.63, 3.8) is 0 Å². The van der Waals surface area contributed by atoms with Gasteiger partial charge in [0.05, 0.1) is 30.9 Å². The average molecular weight is 416 g/mol. The van der Waals surface area contributed by atoms with Crippen LogP contribution in [0.3, 0.4) is 0 Å². The van der Waals surface area contributed by atoms with E-state index in [0.717, 1.165) is 34.0 Å². The van der Waals surface area contributed by atoms with Gasteiger partial charge in [-0.1, -0.05) is 15.9 Å². The minimum absolute atomic E-state index is 0.174. The SMILES string of the molecule is COc1cc(-n2cnc3cc(Br)ccc32)cc(OC)c1C(=O)NC1CC1. The maximum Gasteiger partial charge on any atom is 0.259 e. The highest BCUT2D eigenvalue weighted by molar-refractivity contribution is 9.10. The lowest BCUT2D eigenvalue weighted by molar-refractivity contribution is 0.0945. The summed E-state index contributed by atoms with van der Waals surface area (Å²) in [5, 5.41) is 2.99. The highest BCUT2D eigenvalue weighted by atomic mass is 79.9. The van der Waals surface area contributed by atoms with Gasteiger partial charge in [0.2, 0.25) is 0 Å². The average Bonchev–Trinajstić information content (AvgIpc) is 3.36. The number of imidazole rings is 1. The Morgan fingerprint density at radius 3 is 2.50 bits per heavy atom. The summed E-state index contributed by atoms with van der Waals surface area (Å²) < 4.78 is 13.9. The van der Waals surface area contributed by atoms with Crippen LogP contribution >= 0.6 is 15.9 Å². The minimum atomic E-state index is -0.174. The minimum Gasteiger partial charge on any atom is -0.496 e. The molecule has 1 aliphatic carbocycles. The molecule has 0 bridgehead atoms. The summed E-state index contributed by atoms with van der Waals surface area (Å²) in [6.07, 6.45) is 3.78. The molecule has 134 valence electrons. The van der Waals surface area contributed by atoms with E-state index < -0.39 is 0 Å². The second-order valence-corrected chi connectivity index (χ2v) is 7.14. The molecule has 1 N–H and O–H groups in total. The monoisotopic (exact) mass is 415 g/mol. The molecule has 0 saturated heterocycles. The van der Waals surface area contributed by atoms with Crippen molar-refractivity contribution < 1.29 is 14.3 Å². The Morgan fingerprint density at radius 1 is 1.19 bits per heavy atom. The summed E-state index contributed by atoms with van der Waals surface area (Å²) in [6, 6.07) is 9.82. The van der Waals surface area contributed by atoms with E-state index >= 15 is 0 Å². The standard InChI is InChI=1S/C19H18BrN3O3/c1-25-16-8-13(23-10-21-14-7-11(20)3-6-15(14)23)9-17(26-2)18(16)19(24)22-12-4-5-12/h3,6-10,12H,4-5H2,1-2H3,(H,22,24). The van der Waals surface area contributed by atoms with Crippen LogP contribution in [0.4, 0.5) is 0 Å². The largest absolute Gasteiger partial charge is 0.496 e. The number of hydrogen-bond donors (Lipinski definition) is 1. The first kappa shape index (κ1) is 16.9. The number of amides is 1. The summed E-state index contributed by atoms with van der Waals surface area (Å²) in [6.45, 7) is 0. The normalized spacial score (nSPS) is 13.7. The first-order chi connectivity index (χ1) is 12.6. The number of aromatic nitrogens is 2. The molecule has 0 unspecified atom stereocenters. The van der Waals surface area contributed by atoms with Gasteiger partial charge < -0.3 is 14.8 Å². The van der Waals surface area contributed by atoms with Crippen molar-refractivity contribution >= 4 is 32.9 Å². The van der Waals surface area contributed by atoms with Gasteiger partial charge in [-0.15, -0.1) is 0 Å². The molecule has 0 atom stereocenters. The molecule has 3 aromatic rings. The van der Waals surface area contributed by atoms with Gasteiger partial charge >= 0.3 is 0 Å². The number of benzene rings is 2. The lowest BCUT2D eigenvalue weighted by Crippen LogP contribution is -2.26. The Kier molecular flexibility index (Phi) is 4.32. The molecule has 1 saturated carbocycles. The van der Waals surface area contributed by atoms with Gasteiger partial charge in [-0.25, -0.2) is 4.98 Å². The van der Waals surface area contributed by atoms with Crippen molar-refractivity contribution in [3.8, 4) is 17.2 Å². The van der Waals surface area contributed by atoms with E-state index in [1.807, 2.05) is 34.9 Å². The Labute approximate surface area is 159 Å². The number of rotatable bonds is 5. The second kappa shape index (κ2) is 6.64. The van der Waals surface area contributed by atoms with Crippen LogP contribution in [0.1, 0.15) is 23.2 Å². The zero-order valence-electron chi connectivity index (χ0n) is 14.5. The molecule has 26 heavy (non-hydrogen) atoms. The smallest absolute Gasteiger partial charge is 0.259 e. The fourth-order valence-corrected chi connectivity index (χ4v) is 3.29. The zero-order chi connectivity index (χ0) is 18.3. The van der Waals surface area contributed by atoms with E-state index in [1.165, 1.54) is 0 Å². The molecule has 1 aromatic heterocycles. The molecule has 6 nitrogen and oxygen atoms in total. The van der Waals surface area contributed by atoms with E-state index in [2.05, 4.69) is 26.2 Å². The van der Waals surface area contributed by atoms with Crippen LogP contribution in [-0.4, -0.2) is 35.7 Å². The van der Waals surface area contributed by atoms with Crippen LogP contribution in [0.5, 0.6) is 11.5 Å². The highest BCUT2D eigenvalue weighted by Gasteiger charge is 2.28. The van der Waals surface area contributed by atoms with E-state index in [9.17, 15) is 4.79 Å². The van der Waals surface area contributed by atoms with Crippen LogP contribution in [0.2, 0.25) is 0 Å². The third-order valence-corrected chi connectivity index (χ3v) is 4.91. The van der Waals surface area contributed by atoms with Crippen LogP contribution in [0.15, 0.2) is 41.1 Å². The molecule has 7 heteroatoms. The molecule has 4 rings (SSSR count). The van der Waals surface area contributed by atoms with Crippen molar-refractivity contribution in [2.75, 3.05) is 14.2 Å². The van der Waals surface area contributed by atoms with Gasteiger partial charge in [-0.3, -0.25) is 9.36 Å². The first-order valence-corrected chi connectivity index (χ1v) is 9.10. The number of nitrogens with one attached hydrogen (secondary N) is 1. The Morgan fingerprint density at radius 2 is 1.88 bits per heavy atom. The first-order valence-electron chi connectivity index (χ1n) is 8.30. The molecule has 1 amide bonds. The Bertz CT molecular complexity index is 970. The maximum absolute atomic E-state index is 12.6. The summed E-state index contributed by atoms with van der Waals surface area (Å²) in [4.78, 5) is 17.1. The van der Waals surface area contributed by atoms with Crippen molar-refractivity contribution in [1.29, 1.82) is 0 Å². The van der Waals surface area contributed by atoms with Crippen molar-refractivity contribution in [2.24, 2.45) is 0 Å². The van der Waals surface area contributed by atoms with Crippen molar-refractivity contribution in [3.05, 3.63) is 46.7 Å². The van der Waals surface area contributed by atoms with Gasteiger partial charge in [-0.05, 0) is 31.0 Å². The van der Waals surface area contributed by atoms with Crippen LogP contribution < -0.4 is 14.8 Å². The van der Waals surface area contributed by atoms with Gasteiger partial charge in [0.25, 0.3) is 5.91 Å². The lowest BCUT2D eigenvalue weighted by atomic mass is 10.1. The molecule has 0 radical (unpaired) electrons. The fraction of sp³-hybridized carbons (Fsp3) is 0.263. The topological polar surface area (TPSA) is 65.4 Å². The summed E-state index contributed by atoms with van der Waals surface area (Å²) in [5.41, 5.74) is 3.05. The maximum atomic E-state index is 12.6. The number of nitrogens with zero attached hydrogens (tertiary/aromatic N) is 2. The predicted molar refractivity (Wildman–Crippen MR) is 102 cm³/mol. The Balaban J connectivity index is 1.82. The quantitative estimate of drug-likeness (QED) is 0.689. The van der Waals surface area contributed by atoms with E-state index in [0.29, 0.717) is 17.1 Å². The number of carbonyl (C=O) groups excluding carboxylic acids is 1. The summed E-state index contributed by atoms with van der Waals surface area (Å²) >= 11 is 3.46. The third kappa shape index (κ3) is 3.03. The van der Waals surface area contributed by atoms with Gasteiger partial charge in [0.15, 0.2) is 0 Å². The van der Waals surface area contributed by atoms with Crippen LogP contribution in [0, 0.1) is 0 Å². The lowest BCUT2D eigenvalue weighted by Gasteiger charge is -2.16. The van der Waals surface area contributed by atoms with Gasteiger partial charge in [-0.2, -0.15) is 0 Å². The van der Waals surface area contributed by atoms with E-state index in [1.54, 1.807) is 20.5 Å². The van der Waals surface area contributed by atoms with E-state index in [-0.39, 0.29) is 11.9 Å². The second-order valence-electron chi connectivity index (χ2n) is 6.22. The number of methoxy groups -OCH3 is 2. The Hall–Kier alpha value is -2.54. The molecule has 0 spiro atoms. The van der Waals surface area contributed by atoms with Crippen LogP contribution in [0.25, 0.3) is 16.7 Å². The zero-order valence-corrected chi connectivity index (χ0v) is 16.0. The molecule has 1 aliphatic rings. The van der Waals surface area contributed by atoms with Crippen molar-refractivity contribution in [2.45, 2.75) is 18.9 Å². The van der Waals surface area contributed by atoms with Crippen molar-refractivity contribution in [1.82, 2.24) is 14.9 Å². The number of carbonyl (C=O) groups is 1. The number of halogens is 1. The predicted octanol–water partition coefficient (Wildman–Crippen LogP) is 3.70. The summed E-state index contributed by atoms with van der Waals surface area (Å²) in [7, 11) is 3.10. The third-order valence-electron chi connectivity index (χ3n) is 4.42. The number of fused-ring (bicyclic) bond motifs is 1. The van der Waals surface area contributed by atoms with Crippen LogP contribution in [-0.2, 0) is 0 Å². The van der Waals surface area contributed by atoms with Gasteiger partial charge in [0, 0.05) is 22.6 Å². The van der Waals surface area contributed by atoms with E-state index in [4.69, 9.17) is 9.47 Å². The highest BCUT2D eigenvalue weighted by Crippen LogP contribution is 2.34. The fourth-order valence-electron chi connectivity index (χ4n) is 2.94. The molecular formula is C19H18BrN3O3. The molecule has 1 fully saturated rings. The number of hydrogen-bond acceptors (Lipinski definition) is 4. The number of ether oxygens (including phenoxy) is 2. The summed E-state index contributed by atoms with van der Waals surface area (Å²) in [5.74, 6) is 0.764. The molecule has 1 heterocycles. The molecular weight excluding hydrogens is 398 g/mol. The molecule has 0 aliphatic heterocycles. The molecule has 2 aromatic carbocycles. The van der Waals surface area contributed by atoms with Gasteiger partial charge in [0.1, 0.15) is 23.4 Å².